The van der Waals surface area contributed by atoms with Gasteiger partial charge in [-0.1, -0.05) is 263 Å². The molecule has 17 aliphatic carbocycles. The molecule has 2 aliphatic heterocycles. The molecule has 17 saturated carbocycles. The predicted octanol–water partition coefficient (Wildman–Crippen LogP) is 20.4. The summed E-state index contributed by atoms with van der Waals surface area (Å²) in [5.41, 5.74) is 0. The maximum atomic E-state index is 2.56. The maximum Gasteiger partial charge on any atom is 0.00106 e. The lowest BCUT2D eigenvalue weighted by Crippen LogP contribution is -2.21. The smallest absolute Gasteiger partial charge is 0.00106 e. The summed E-state index contributed by atoms with van der Waals surface area (Å²) in [5.74, 6) is 17.2. The highest BCUT2D eigenvalue weighted by atomic mass is 15.2. The Hall–Kier alpha value is -0.0400. The quantitative estimate of drug-likeness (QED) is 0.234. The topological polar surface area (TPSA) is 3.24 Å². The Balaban J connectivity index is 0.0000000963. The minimum atomic E-state index is 1.10. The van der Waals surface area contributed by atoms with Crippen molar-refractivity contribution in [1.82, 2.24) is 4.90 Å². The second-order valence-electron chi connectivity index (χ2n) is 28.5. The predicted molar refractivity (Wildman–Crippen MR) is 290 cm³/mol. The van der Waals surface area contributed by atoms with Crippen molar-refractivity contribution >= 4 is 0 Å². The zero-order chi connectivity index (χ0) is 45.3. The van der Waals surface area contributed by atoms with Crippen molar-refractivity contribution in [3.05, 3.63) is 0 Å². The van der Waals surface area contributed by atoms with E-state index in [-0.39, 0.29) is 0 Å². The maximum absolute atomic E-state index is 2.56. The van der Waals surface area contributed by atoms with Crippen LogP contribution in [0, 0.1) is 88.8 Å². The first-order chi connectivity index (χ1) is 33.1. The van der Waals surface area contributed by atoms with Crippen LogP contribution >= 0.6 is 0 Å². The molecule has 67 heavy (non-hydrogen) atoms. The van der Waals surface area contributed by atoms with Gasteiger partial charge in [0.25, 0.3) is 0 Å². The number of rotatable bonds is 0. The molecule has 4 atom stereocenters. The Kier molecular flexibility index (Phi) is 22.0. The Morgan fingerprint density at radius 1 is 0.149 bits per heavy atom. The summed E-state index contributed by atoms with van der Waals surface area (Å²) < 4.78 is 0. The van der Waals surface area contributed by atoms with Crippen LogP contribution in [0.2, 0.25) is 0 Å². The van der Waals surface area contributed by atoms with Crippen molar-refractivity contribution in [2.24, 2.45) is 88.8 Å². The normalized spacial score (nSPS) is 44.1. The van der Waals surface area contributed by atoms with Crippen LogP contribution < -0.4 is 0 Å². The molecule has 19 rings (SSSR count). The van der Waals surface area contributed by atoms with E-state index in [0.717, 1.165) is 76.9 Å². The van der Waals surface area contributed by atoms with Crippen LogP contribution in [0.25, 0.3) is 0 Å². The summed E-state index contributed by atoms with van der Waals surface area (Å²) >= 11 is 0. The lowest BCUT2D eigenvalue weighted by atomic mass is 9.71. The van der Waals surface area contributed by atoms with Crippen molar-refractivity contribution in [1.29, 1.82) is 0 Å². The summed E-state index contributed by atoms with van der Waals surface area (Å²) in [6.45, 7) is 4.20. The molecule has 0 spiro atoms. The molecule has 2 saturated heterocycles. The highest BCUT2D eigenvalue weighted by molar-refractivity contribution is 4.87. The minimum absolute atomic E-state index is 1.10. The third-order valence-electron chi connectivity index (χ3n) is 23.5. The molecule has 0 N–H and O–H groups in total. The fourth-order valence-corrected chi connectivity index (χ4v) is 18.9. The van der Waals surface area contributed by atoms with E-state index in [1.54, 1.807) is 238 Å². The van der Waals surface area contributed by atoms with E-state index >= 15 is 0 Å². The Labute approximate surface area is 419 Å². The number of hydrogen-bond acceptors (Lipinski definition) is 1. The molecule has 0 radical (unpaired) electrons. The second kappa shape index (κ2) is 28.4. The standard InChI is InChI=1S/2C10H18.2C9H16.2C8H14.C6H11N.C6H10/c1-3-9-5-2-6-10(4-1)8-7-9;1-2-5-10-7-3-6-9(4-1)8-10;1-3-8-5-2-6-9(4-1)7-8;1-2-8-4-6-9(3-1)7-5-8;1-2-8-5-3-7(1)4-6-8;1-2-7-4-5-8(3-1)6-7;1-3-7-4-2-6(1)5-7;1-2-6-3-5(1)4-6/h2*9-10H,1-8H2;2*8-9H,1-7H2;2*7-8H,1-6H2;6H,1-5H2;5-6H,1-4H2. The van der Waals surface area contributed by atoms with Crippen molar-refractivity contribution in [3.63, 3.8) is 0 Å². The van der Waals surface area contributed by atoms with E-state index in [1.165, 1.54) is 102 Å². The van der Waals surface area contributed by atoms with E-state index in [1.807, 2.05) is 0 Å². The zero-order valence-corrected chi connectivity index (χ0v) is 45.2. The van der Waals surface area contributed by atoms with E-state index < -0.39 is 0 Å². The summed E-state index contributed by atoms with van der Waals surface area (Å²) in [6, 6.07) is 0. The van der Waals surface area contributed by atoms with Gasteiger partial charge in [-0.15, -0.1) is 0 Å². The van der Waals surface area contributed by atoms with Crippen LogP contribution in [0.1, 0.15) is 308 Å². The first-order valence-corrected chi connectivity index (χ1v) is 32.8. The lowest BCUT2D eigenvalue weighted by molar-refractivity contribution is 0.176. The largest absolute Gasteiger partial charge is 0.303 e. The molecule has 19 fully saturated rings. The van der Waals surface area contributed by atoms with Crippen LogP contribution in [0.5, 0.6) is 0 Å². The third-order valence-corrected chi connectivity index (χ3v) is 23.5. The lowest BCUT2D eigenvalue weighted by Gasteiger charge is -2.35. The Morgan fingerprint density at radius 3 is 0.567 bits per heavy atom. The molecule has 2 heterocycles. The average molecular weight is 925 g/mol. The average Bonchev–Trinajstić information content (AvgIpc) is 4.15. The van der Waals surface area contributed by atoms with Gasteiger partial charge in [0, 0.05) is 6.54 Å². The molecule has 386 valence electrons. The molecule has 16 bridgehead atoms. The highest BCUT2D eigenvalue weighted by Gasteiger charge is 2.36. The minimum Gasteiger partial charge on any atom is -0.303 e. The number of piperidine rings is 1. The molecule has 0 aromatic heterocycles. The van der Waals surface area contributed by atoms with Gasteiger partial charge in [-0.3, -0.25) is 0 Å². The van der Waals surface area contributed by atoms with Gasteiger partial charge in [0.15, 0.2) is 0 Å². The van der Waals surface area contributed by atoms with E-state index in [9.17, 15) is 0 Å². The SMILES string of the molecule is C1CC2CC1C2.C1CC2CCC(C1)C2.C1CC2CCC(C1)CC2.C1CC2CCC1CC2.C1CC2CCCC(C1)C2.C1CC2CCCC(C1)CC2.C1CCC2CCCC(C1)C2.C1CN2CCC1C2. The first kappa shape index (κ1) is 51.8. The molecule has 0 aromatic carbocycles. The van der Waals surface area contributed by atoms with Gasteiger partial charge < -0.3 is 4.90 Å². The van der Waals surface area contributed by atoms with Crippen LogP contribution in [0.4, 0.5) is 0 Å². The van der Waals surface area contributed by atoms with Crippen molar-refractivity contribution in [2.45, 2.75) is 308 Å². The monoisotopic (exact) mass is 924 g/mol. The van der Waals surface area contributed by atoms with Crippen LogP contribution in [-0.2, 0) is 0 Å². The summed E-state index contributed by atoms with van der Waals surface area (Å²) in [4.78, 5) is 2.56. The summed E-state index contributed by atoms with van der Waals surface area (Å²) in [5, 5.41) is 0. The van der Waals surface area contributed by atoms with Crippen LogP contribution in [0.3, 0.4) is 0 Å². The van der Waals surface area contributed by atoms with Gasteiger partial charge in [0.2, 0.25) is 0 Å². The van der Waals surface area contributed by atoms with Crippen LogP contribution in [0.15, 0.2) is 0 Å². The van der Waals surface area contributed by atoms with Gasteiger partial charge in [0.05, 0.1) is 0 Å². The number of hydrogen-bond donors (Lipinski definition) is 0. The van der Waals surface area contributed by atoms with Crippen molar-refractivity contribution in [2.75, 3.05) is 19.6 Å². The molecule has 0 aromatic rings. The van der Waals surface area contributed by atoms with E-state index in [2.05, 4.69) is 4.90 Å². The summed E-state index contributed by atoms with van der Waals surface area (Å²) in [6.07, 6.45) is 74.5. The second-order valence-corrected chi connectivity index (χ2v) is 28.5. The molecule has 1 heteroatoms. The molecule has 19 aliphatic rings. The fourth-order valence-electron chi connectivity index (χ4n) is 18.9. The fraction of sp³-hybridized carbons (Fsp3) is 1.00. The van der Waals surface area contributed by atoms with Gasteiger partial charge >= 0.3 is 0 Å². The summed E-state index contributed by atoms with van der Waals surface area (Å²) in [7, 11) is 0. The molecular formula is C66H117N. The Morgan fingerprint density at radius 2 is 0.343 bits per heavy atom. The molecule has 0 amide bonds. The highest BCUT2D eigenvalue weighted by Crippen LogP contribution is 2.48. The van der Waals surface area contributed by atoms with Gasteiger partial charge in [-0.05, 0) is 147 Å². The zero-order valence-electron chi connectivity index (χ0n) is 45.2. The molecular weight excluding hydrogens is 807 g/mol. The molecule has 1 nitrogen and oxygen atoms in total. The van der Waals surface area contributed by atoms with Crippen LogP contribution in [-0.4, -0.2) is 24.5 Å². The van der Waals surface area contributed by atoms with Gasteiger partial charge in [-0.25, -0.2) is 0 Å². The van der Waals surface area contributed by atoms with Gasteiger partial charge in [-0.2, -0.15) is 0 Å². The van der Waals surface area contributed by atoms with Gasteiger partial charge in [0.1, 0.15) is 0 Å². The van der Waals surface area contributed by atoms with Crippen molar-refractivity contribution < 1.29 is 0 Å². The first-order valence-electron chi connectivity index (χ1n) is 32.8. The van der Waals surface area contributed by atoms with E-state index in [0.29, 0.717) is 0 Å². The van der Waals surface area contributed by atoms with E-state index in [4.69, 9.17) is 0 Å². The number of nitrogens with zero attached hydrogens (tertiary/aromatic N) is 1. The Bertz CT molecular complexity index is 1150. The third kappa shape index (κ3) is 17.8. The number of fused-ring (bicyclic) bond motifs is 19. The molecule has 4 unspecified atom stereocenters. The van der Waals surface area contributed by atoms with Crippen molar-refractivity contribution in [3.8, 4) is 0 Å².